The van der Waals surface area contributed by atoms with E-state index in [9.17, 15) is 0 Å². The van der Waals surface area contributed by atoms with Crippen LogP contribution in [0.2, 0.25) is 0 Å². The lowest BCUT2D eigenvalue weighted by Gasteiger charge is -2.28. The molecule has 12 aromatic rings. The Hall–Kier alpha value is -7.26. The second kappa shape index (κ2) is 13.2. The summed E-state index contributed by atoms with van der Waals surface area (Å²) in [5.41, 5.74) is 8.37. The Kier molecular flexibility index (Phi) is 7.47. The number of nitrogens with zero attached hydrogens (tertiary/aromatic N) is 1. The largest absolute Gasteiger partial charge is 0.309 e. The predicted molar refractivity (Wildman–Crippen MR) is 252 cm³/mol. The highest BCUT2D eigenvalue weighted by Crippen LogP contribution is 2.49. The maximum Gasteiger partial charge on any atom is 0.0555 e. The van der Waals surface area contributed by atoms with Crippen LogP contribution in [-0.2, 0) is 0 Å². The van der Waals surface area contributed by atoms with Gasteiger partial charge in [-0.25, -0.2) is 0 Å². The van der Waals surface area contributed by atoms with Crippen molar-refractivity contribution in [3.05, 3.63) is 212 Å². The second-order valence-corrected chi connectivity index (χ2v) is 16.2. The molecule has 0 aliphatic rings. The van der Waals surface area contributed by atoms with Crippen LogP contribution in [0.5, 0.6) is 0 Å². The van der Waals surface area contributed by atoms with Crippen molar-refractivity contribution in [3.63, 3.8) is 0 Å². The van der Waals surface area contributed by atoms with Gasteiger partial charge in [-0.3, -0.25) is 0 Å². The minimum absolute atomic E-state index is 1.12. The molecule has 0 amide bonds. The zero-order valence-electron chi connectivity index (χ0n) is 31.6. The van der Waals surface area contributed by atoms with Crippen molar-refractivity contribution in [2.75, 3.05) is 4.90 Å². The van der Waals surface area contributed by atoms with Gasteiger partial charge in [0, 0.05) is 31.2 Å². The molecule has 0 saturated carbocycles. The first-order chi connectivity index (χ1) is 28.8. The van der Waals surface area contributed by atoms with E-state index in [1.807, 2.05) is 11.3 Å². The molecule has 0 fully saturated rings. The minimum atomic E-state index is 1.12. The molecule has 0 radical (unpaired) electrons. The Morgan fingerprint density at radius 2 is 0.879 bits per heavy atom. The molecular weight excluding hydrogens is 719 g/mol. The molecular formula is C56H35NS. The first-order valence-corrected chi connectivity index (χ1v) is 20.7. The van der Waals surface area contributed by atoms with Gasteiger partial charge in [-0.2, -0.15) is 0 Å². The van der Waals surface area contributed by atoms with E-state index < -0.39 is 0 Å². The molecule has 1 aromatic heterocycles. The smallest absolute Gasteiger partial charge is 0.0555 e. The van der Waals surface area contributed by atoms with Gasteiger partial charge in [-0.15, -0.1) is 11.3 Å². The predicted octanol–water partition coefficient (Wildman–Crippen LogP) is 16.6. The van der Waals surface area contributed by atoms with Crippen molar-refractivity contribution in [2.24, 2.45) is 0 Å². The second-order valence-electron chi connectivity index (χ2n) is 15.2. The molecule has 1 nitrogen and oxygen atoms in total. The number of hydrogen-bond donors (Lipinski definition) is 0. The highest BCUT2D eigenvalue weighted by molar-refractivity contribution is 7.26. The van der Waals surface area contributed by atoms with Gasteiger partial charge < -0.3 is 4.90 Å². The molecule has 0 aliphatic carbocycles. The van der Waals surface area contributed by atoms with E-state index >= 15 is 0 Å². The van der Waals surface area contributed by atoms with E-state index in [0.29, 0.717) is 0 Å². The van der Waals surface area contributed by atoms with Gasteiger partial charge in [0.15, 0.2) is 0 Å². The van der Waals surface area contributed by atoms with Crippen LogP contribution in [0.3, 0.4) is 0 Å². The number of benzene rings is 11. The first kappa shape index (κ1) is 32.9. The maximum atomic E-state index is 2.50. The molecule has 12 rings (SSSR count). The van der Waals surface area contributed by atoms with Gasteiger partial charge in [0.25, 0.3) is 0 Å². The van der Waals surface area contributed by atoms with E-state index in [-0.39, 0.29) is 0 Å². The highest BCUT2D eigenvalue weighted by atomic mass is 32.1. The normalized spacial score (nSPS) is 11.8. The summed E-state index contributed by atoms with van der Waals surface area (Å²) >= 11 is 1.89. The number of thiophene rings is 1. The molecule has 0 spiro atoms. The topological polar surface area (TPSA) is 3.24 Å². The van der Waals surface area contributed by atoms with Crippen LogP contribution in [0.1, 0.15) is 0 Å². The summed E-state index contributed by atoms with van der Waals surface area (Å²) < 4.78 is 2.61. The third kappa shape index (κ3) is 5.09. The Morgan fingerprint density at radius 1 is 0.310 bits per heavy atom. The molecule has 11 aromatic carbocycles. The van der Waals surface area contributed by atoms with Crippen LogP contribution >= 0.6 is 11.3 Å². The summed E-state index contributed by atoms with van der Waals surface area (Å²) in [6, 6.07) is 78.3. The summed E-state index contributed by atoms with van der Waals surface area (Å²) in [6.45, 7) is 0. The van der Waals surface area contributed by atoms with Crippen molar-refractivity contribution in [1.29, 1.82) is 0 Å². The Morgan fingerprint density at radius 3 is 1.72 bits per heavy atom. The molecule has 58 heavy (non-hydrogen) atoms. The van der Waals surface area contributed by atoms with E-state index in [2.05, 4.69) is 217 Å². The molecule has 0 N–H and O–H groups in total. The fraction of sp³-hybridized carbons (Fsp3) is 0. The summed E-state index contributed by atoms with van der Waals surface area (Å²) in [5.74, 6) is 0. The Bertz CT molecular complexity index is 3570. The Labute approximate surface area is 340 Å². The van der Waals surface area contributed by atoms with Gasteiger partial charge in [-0.1, -0.05) is 176 Å². The summed E-state index contributed by atoms with van der Waals surface area (Å²) in [6.07, 6.45) is 0. The van der Waals surface area contributed by atoms with Crippen molar-refractivity contribution in [3.8, 4) is 22.3 Å². The van der Waals surface area contributed by atoms with Crippen molar-refractivity contribution in [1.82, 2.24) is 0 Å². The van der Waals surface area contributed by atoms with Crippen LogP contribution < -0.4 is 4.90 Å². The van der Waals surface area contributed by atoms with Crippen molar-refractivity contribution < 1.29 is 0 Å². The van der Waals surface area contributed by atoms with Gasteiger partial charge in [0.2, 0.25) is 0 Å². The summed E-state index contributed by atoms with van der Waals surface area (Å²) in [7, 11) is 0. The van der Waals surface area contributed by atoms with Crippen LogP contribution in [0.15, 0.2) is 212 Å². The van der Waals surface area contributed by atoms with Crippen molar-refractivity contribution in [2.45, 2.75) is 0 Å². The zero-order valence-corrected chi connectivity index (χ0v) is 32.4. The number of anilines is 3. The van der Waals surface area contributed by atoms with E-state index in [1.165, 1.54) is 102 Å². The molecule has 1 heterocycles. The average Bonchev–Trinajstić information content (AvgIpc) is 3.69. The fourth-order valence-electron chi connectivity index (χ4n) is 9.40. The lowest BCUT2D eigenvalue weighted by Crippen LogP contribution is -2.11. The highest BCUT2D eigenvalue weighted by Gasteiger charge is 2.22. The van der Waals surface area contributed by atoms with Crippen LogP contribution in [0, 0.1) is 0 Å². The number of rotatable bonds is 5. The van der Waals surface area contributed by atoms with Crippen LogP contribution in [-0.4, -0.2) is 0 Å². The van der Waals surface area contributed by atoms with Crippen LogP contribution in [0.25, 0.3) is 96.3 Å². The number of hydrogen-bond acceptors (Lipinski definition) is 2. The van der Waals surface area contributed by atoms with Crippen molar-refractivity contribution >= 4 is 102 Å². The van der Waals surface area contributed by atoms with E-state index in [1.54, 1.807) is 0 Å². The van der Waals surface area contributed by atoms with Gasteiger partial charge in [-0.05, 0) is 107 Å². The minimum Gasteiger partial charge on any atom is -0.309 e. The fourth-order valence-corrected chi connectivity index (χ4v) is 10.7. The molecule has 0 atom stereocenters. The molecule has 270 valence electrons. The zero-order chi connectivity index (χ0) is 38.2. The SMILES string of the molecule is c1ccc2c(-c3ccc(N(c4cccc5c(-c6cc7ccccc7c7ccccc67)cccc45)c4cccc5sc6c7ccccc7ccc6c45)cc3)cccc2c1. The maximum absolute atomic E-state index is 2.50. The van der Waals surface area contributed by atoms with Gasteiger partial charge in [0.05, 0.1) is 11.4 Å². The quantitative estimate of drug-likeness (QED) is 0.158. The molecule has 0 unspecified atom stereocenters. The molecule has 2 heteroatoms. The molecule has 0 bridgehead atoms. The monoisotopic (exact) mass is 753 g/mol. The van der Waals surface area contributed by atoms with Crippen LogP contribution in [0.4, 0.5) is 17.1 Å². The molecule has 0 saturated heterocycles. The standard InChI is InChI=1S/C56H35NS/c1-4-17-41-36(13-1)16-9-22-42(41)38-29-32-40(33-30-38)57(53-27-12-28-54-55(53)50-34-31-37-14-2-6-19-44(37)56(50)58-54)52-26-11-24-46-48(23-10-25-49(46)52)51-35-39-15-3-5-18-43(39)45-20-7-8-21-47(45)51/h1-35H. The first-order valence-electron chi connectivity index (χ1n) is 19.9. The summed E-state index contributed by atoms with van der Waals surface area (Å²) in [4.78, 5) is 2.50. The van der Waals surface area contributed by atoms with E-state index in [0.717, 1.165) is 11.4 Å². The lowest BCUT2D eigenvalue weighted by molar-refractivity contribution is 1.32. The summed E-state index contributed by atoms with van der Waals surface area (Å²) in [5, 5.41) is 15.2. The third-order valence-corrected chi connectivity index (χ3v) is 13.2. The third-order valence-electron chi connectivity index (χ3n) is 12.0. The van der Waals surface area contributed by atoms with Gasteiger partial charge >= 0.3 is 0 Å². The lowest BCUT2D eigenvalue weighted by atomic mass is 9.90. The van der Waals surface area contributed by atoms with Gasteiger partial charge in [0.1, 0.15) is 0 Å². The average molecular weight is 754 g/mol. The Balaban J connectivity index is 1.12. The van der Waals surface area contributed by atoms with E-state index in [4.69, 9.17) is 0 Å². The molecule has 0 aliphatic heterocycles. The number of fused-ring (bicyclic) bond motifs is 10.